The van der Waals surface area contributed by atoms with Gasteiger partial charge in [-0.05, 0) is 44.7 Å². The van der Waals surface area contributed by atoms with Crippen LogP contribution >= 0.6 is 0 Å². The average molecular weight is 181 g/mol. The van der Waals surface area contributed by atoms with Crippen LogP contribution in [0.3, 0.4) is 0 Å². The molecule has 0 aromatic carbocycles. The third-order valence-corrected chi connectivity index (χ3v) is 2.52. The second kappa shape index (κ2) is 7.14. The van der Waals surface area contributed by atoms with Crippen LogP contribution in [0.4, 0.5) is 0 Å². The van der Waals surface area contributed by atoms with Crippen LogP contribution in [0.5, 0.6) is 0 Å². The summed E-state index contributed by atoms with van der Waals surface area (Å²) < 4.78 is 0. The SMILES string of the molecule is CCCNCCC=CCCC1CC1. The van der Waals surface area contributed by atoms with Gasteiger partial charge in [-0.25, -0.2) is 0 Å². The van der Waals surface area contributed by atoms with Gasteiger partial charge >= 0.3 is 0 Å². The maximum Gasteiger partial charge on any atom is -0.00143 e. The normalized spacial score (nSPS) is 17.0. The van der Waals surface area contributed by atoms with E-state index in [4.69, 9.17) is 0 Å². The van der Waals surface area contributed by atoms with E-state index >= 15 is 0 Å². The molecular formula is C12H23N. The molecule has 0 bridgehead atoms. The summed E-state index contributed by atoms with van der Waals surface area (Å²) >= 11 is 0. The van der Waals surface area contributed by atoms with Crippen molar-refractivity contribution in [1.82, 2.24) is 5.32 Å². The molecule has 0 radical (unpaired) electrons. The van der Waals surface area contributed by atoms with Crippen molar-refractivity contribution in [3.05, 3.63) is 12.2 Å². The van der Waals surface area contributed by atoms with Gasteiger partial charge in [0.25, 0.3) is 0 Å². The van der Waals surface area contributed by atoms with Crippen molar-refractivity contribution in [3.8, 4) is 0 Å². The Balaban J connectivity index is 1.75. The first-order valence-corrected chi connectivity index (χ1v) is 5.79. The van der Waals surface area contributed by atoms with E-state index in [1.165, 1.54) is 38.5 Å². The number of hydrogen-bond acceptors (Lipinski definition) is 1. The predicted octanol–water partition coefficient (Wildman–Crippen LogP) is 3.12. The topological polar surface area (TPSA) is 12.0 Å². The van der Waals surface area contributed by atoms with E-state index in [2.05, 4.69) is 24.4 Å². The van der Waals surface area contributed by atoms with Crippen molar-refractivity contribution in [2.45, 2.75) is 45.4 Å². The summed E-state index contributed by atoms with van der Waals surface area (Å²) in [7, 11) is 0. The Morgan fingerprint density at radius 1 is 1.15 bits per heavy atom. The van der Waals surface area contributed by atoms with Gasteiger partial charge in [-0.15, -0.1) is 0 Å². The molecule has 0 aliphatic heterocycles. The van der Waals surface area contributed by atoms with Gasteiger partial charge in [-0.1, -0.05) is 31.9 Å². The number of allylic oxidation sites excluding steroid dienone is 1. The first-order valence-electron chi connectivity index (χ1n) is 5.79. The molecule has 0 spiro atoms. The van der Waals surface area contributed by atoms with Gasteiger partial charge in [-0.3, -0.25) is 0 Å². The summed E-state index contributed by atoms with van der Waals surface area (Å²) in [6.45, 7) is 4.52. The van der Waals surface area contributed by atoms with Gasteiger partial charge in [-0.2, -0.15) is 0 Å². The Hall–Kier alpha value is -0.300. The fourth-order valence-corrected chi connectivity index (χ4v) is 1.46. The molecule has 13 heavy (non-hydrogen) atoms. The zero-order valence-electron chi connectivity index (χ0n) is 8.89. The van der Waals surface area contributed by atoms with E-state index in [0.29, 0.717) is 0 Å². The monoisotopic (exact) mass is 181 g/mol. The van der Waals surface area contributed by atoms with E-state index < -0.39 is 0 Å². The summed E-state index contributed by atoms with van der Waals surface area (Å²) in [5.74, 6) is 1.09. The lowest BCUT2D eigenvalue weighted by molar-refractivity contribution is 0.676. The molecule has 1 nitrogen and oxygen atoms in total. The van der Waals surface area contributed by atoms with Crippen LogP contribution in [-0.2, 0) is 0 Å². The molecule has 1 rings (SSSR count). The number of rotatable bonds is 8. The van der Waals surface area contributed by atoms with E-state index in [-0.39, 0.29) is 0 Å². The van der Waals surface area contributed by atoms with Crippen molar-refractivity contribution in [2.75, 3.05) is 13.1 Å². The fourth-order valence-electron chi connectivity index (χ4n) is 1.46. The molecule has 1 fully saturated rings. The molecule has 1 N–H and O–H groups in total. The Labute approximate surface area is 82.6 Å². The molecule has 0 heterocycles. The van der Waals surface area contributed by atoms with E-state index in [0.717, 1.165) is 19.0 Å². The van der Waals surface area contributed by atoms with Crippen molar-refractivity contribution in [1.29, 1.82) is 0 Å². The summed E-state index contributed by atoms with van der Waals surface area (Å²) in [4.78, 5) is 0. The molecule has 1 aliphatic rings. The quantitative estimate of drug-likeness (QED) is 0.448. The Morgan fingerprint density at radius 2 is 1.92 bits per heavy atom. The predicted molar refractivity (Wildman–Crippen MR) is 58.9 cm³/mol. The lowest BCUT2D eigenvalue weighted by atomic mass is 10.2. The zero-order chi connectivity index (χ0) is 9.36. The number of hydrogen-bond donors (Lipinski definition) is 1. The van der Waals surface area contributed by atoms with E-state index in [1.807, 2.05) is 0 Å². The van der Waals surface area contributed by atoms with Gasteiger partial charge < -0.3 is 5.32 Å². The molecule has 0 atom stereocenters. The third-order valence-electron chi connectivity index (χ3n) is 2.52. The summed E-state index contributed by atoms with van der Waals surface area (Å²) in [5, 5.41) is 3.40. The van der Waals surface area contributed by atoms with Gasteiger partial charge in [0.15, 0.2) is 0 Å². The highest BCUT2D eigenvalue weighted by atomic mass is 14.8. The molecule has 0 aromatic heterocycles. The lowest BCUT2D eigenvalue weighted by Crippen LogP contribution is -2.14. The van der Waals surface area contributed by atoms with Crippen LogP contribution in [-0.4, -0.2) is 13.1 Å². The minimum absolute atomic E-state index is 1.09. The molecule has 0 amide bonds. The molecule has 1 heteroatoms. The molecular weight excluding hydrogens is 158 g/mol. The smallest absolute Gasteiger partial charge is 0.00143 e. The van der Waals surface area contributed by atoms with Crippen LogP contribution in [0.2, 0.25) is 0 Å². The zero-order valence-corrected chi connectivity index (χ0v) is 8.89. The maximum absolute atomic E-state index is 3.40. The first kappa shape index (κ1) is 10.8. The fraction of sp³-hybridized carbons (Fsp3) is 0.833. The van der Waals surface area contributed by atoms with Gasteiger partial charge in [0.1, 0.15) is 0 Å². The highest BCUT2D eigenvalue weighted by Crippen LogP contribution is 2.33. The van der Waals surface area contributed by atoms with Crippen molar-refractivity contribution >= 4 is 0 Å². The molecule has 1 aliphatic carbocycles. The lowest BCUT2D eigenvalue weighted by Gasteiger charge is -1.98. The molecule has 0 saturated heterocycles. The summed E-state index contributed by atoms with van der Waals surface area (Å²) in [6, 6.07) is 0. The first-order chi connectivity index (χ1) is 6.43. The van der Waals surface area contributed by atoms with Crippen LogP contribution in [0.15, 0.2) is 12.2 Å². The standard InChI is InChI=1S/C12H23N/c1-2-10-13-11-6-4-3-5-7-12-8-9-12/h3-4,12-13H,2,5-11H2,1H3. The van der Waals surface area contributed by atoms with Crippen LogP contribution in [0.1, 0.15) is 45.4 Å². The van der Waals surface area contributed by atoms with Gasteiger partial charge in [0, 0.05) is 0 Å². The largest absolute Gasteiger partial charge is 0.316 e. The summed E-state index contributed by atoms with van der Waals surface area (Å²) in [6.07, 6.45) is 12.8. The minimum atomic E-state index is 1.09. The Morgan fingerprint density at radius 3 is 2.62 bits per heavy atom. The van der Waals surface area contributed by atoms with Crippen molar-refractivity contribution in [2.24, 2.45) is 5.92 Å². The molecule has 1 saturated carbocycles. The highest BCUT2D eigenvalue weighted by molar-refractivity contribution is 4.85. The van der Waals surface area contributed by atoms with Gasteiger partial charge in [0.05, 0.1) is 0 Å². The molecule has 76 valence electrons. The minimum Gasteiger partial charge on any atom is -0.316 e. The van der Waals surface area contributed by atoms with Crippen molar-refractivity contribution in [3.63, 3.8) is 0 Å². The number of nitrogens with one attached hydrogen (secondary N) is 1. The van der Waals surface area contributed by atoms with Crippen molar-refractivity contribution < 1.29 is 0 Å². The molecule has 0 unspecified atom stereocenters. The third kappa shape index (κ3) is 6.83. The second-order valence-electron chi connectivity index (χ2n) is 4.03. The van der Waals surface area contributed by atoms with E-state index in [9.17, 15) is 0 Å². The highest BCUT2D eigenvalue weighted by Gasteiger charge is 2.19. The Bertz CT molecular complexity index is 136. The molecule has 0 aromatic rings. The maximum atomic E-state index is 3.40. The Kier molecular flexibility index (Phi) is 5.92. The summed E-state index contributed by atoms with van der Waals surface area (Å²) in [5.41, 5.74) is 0. The van der Waals surface area contributed by atoms with Gasteiger partial charge in [0.2, 0.25) is 0 Å². The van der Waals surface area contributed by atoms with Crippen LogP contribution < -0.4 is 5.32 Å². The van der Waals surface area contributed by atoms with Crippen LogP contribution in [0.25, 0.3) is 0 Å². The van der Waals surface area contributed by atoms with E-state index in [1.54, 1.807) is 0 Å². The second-order valence-corrected chi connectivity index (χ2v) is 4.03. The average Bonchev–Trinajstić information content (AvgIpc) is 2.93. The van der Waals surface area contributed by atoms with Crippen LogP contribution in [0, 0.1) is 5.92 Å².